The maximum absolute atomic E-state index is 12.1. The van der Waals surface area contributed by atoms with E-state index in [1.165, 1.54) is 126 Å². The first kappa shape index (κ1) is 117. The first-order valence-corrected chi connectivity index (χ1v) is 52.1. The molecule has 0 aromatic carbocycles. The van der Waals surface area contributed by atoms with Crippen molar-refractivity contribution in [2.75, 3.05) is 142 Å². The summed E-state index contributed by atoms with van der Waals surface area (Å²) >= 11 is 0. The summed E-state index contributed by atoms with van der Waals surface area (Å²) in [5.74, 6) is 4.04. The normalized spacial score (nSPS) is 15.9. The number of aliphatic hydroxyl groups excluding tert-OH is 1. The van der Waals surface area contributed by atoms with Crippen LogP contribution < -0.4 is 47.2 Å². The number of amides is 3. The minimum absolute atomic E-state index is 0.0390. The molecule has 0 aliphatic carbocycles. The van der Waals surface area contributed by atoms with Gasteiger partial charge in [-0.3, -0.25) is 0 Å². The summed E-state index contributed by atoms with van der Waals surface area (Å²) in [5.41, 5.74) is 29.8. The van der Waals surface area contributed by atoms with Crippen LogP contribution in [0.2, 0.25) is 0 Å². The number of nitrogen functional groups attached to an aromatic ring is 4. The Morgan fingerprint density at radius 3 is 0.907 bits per heavy atom. The number of imidazole rings is 4. The van der Waals surface area contributed by atoms with Crippen molar-refractivity contribution in [2.24, 2.45) is 23.7 Å². The summed E-state index contributed by atoms with van der Waals surface area (Å²) < 4.78 is 46.3. The molecule has 39 heteroatoms. The fraction of sp³-hybridized carbons (Fsp3) is 0.762. The zero-order valence-electron chi connectivity index (χ0n) is 89.2. The molecule has 39 nitrogen and oxygen atoms in total. The van der Waals surface area contributed by atoms with Gasteiger partial charge in [0.15, 0.2) is 45.9 Å². The number of aliphatic hydroxyl groups is 1. The average Bonchev–Trinajstić information content (AvgIpc) is 1.56. The van der Waals surface area contributed by atoms with Crippen LogP contribution in [0.5, 0.6) is 24.0 Å². The molecule has 0 unspecified atom stereocenters. The number of likely N-dealkylation sites (tertiary alicyclic amines) is 3. The summed E-state index contributed by atoms with van der Waals surface area (Å²) in [7, 11) is 5.06. The highest BCUT2D eigenvalue weighted by Gasteiger charge is 2.30. The molecule has 0 spiro atoms. The predicted octanol–water partition coefficient (Wildman–Crippen LogP) is 15.7. The number of unbranched alkanes of at least 4 members (excludes halogenated alkanes) is 4. The van der Waals surface area contributed by atoms with Crippen LogP contribution in [-0.2, 0) is 44.7 Å². The van der Waals surface area contributed by atoms with Crippen LogP contribution in [0.15, 0.2) is 24.8 Å². The largest absolute Gasteiger partial charge is 0.459 e. The van der Waals surface area contributed by atoms with Gasteiger partial charge in [-0.2, -0.15) is 19.9 Å². The number of nitrogens with one attached hydrogen (secondary N) is 1. The molecular weight excluding hydrogens is 1780 g/mol. The molecule has 8 aromatic heterocycles. The quantitative estimate of drug-likeness (QED) is 0.0118. The highest BCUT2D eigenvalue weighted by atomic mass is 16.6. The Bertz CT molecular complexity index is 4780. The van der Waals surface area contributed by atoms with Crippen molar-refractivity contribution in [2.45, 2.75) is 359 Å². The van der Waals surface area contributed by atoms with Gasteiger partial charge in [0.25, 0.3) is 0 Å². The molecule has 4 saturated heterocycles. The zero-order chi connectivity index (χ0) is 103. The minimum Gasteiger partial charge on any atom is -0.459 e. The second-order valence-corrected chi connectivity index (χ2v) is 41.3. The standard InChI is InChI=1S/C25H43N7O3.2C21H36N6O.C16H26N6O.C9H19NO3.C9H17NO3/c1-7-9-18(2)34-23-28-21(26)22-27-17-20(32(22)29-23)16-19-10-14-31(15-11-19)13-8-12-30(6)24(33)35-25(3,4)5;2*1-4-6-7-11-26-12-9-17(10-13-26)14-18-15-23-20-19(22)24-21(25-27(18)20)28-16(3)8-5-2;1-3-4-11(2)23-16-20-14(17)15-19-10-13(22(15)21-16)9-12-5-7-18-8-6-12;2*1-9(2,3)13-8(12)10(4)6-5-7-11/h17-19H,7-16H2,1-6H3,(H2,26,28,29);2*15-17H,4-14H2,1-3H3,(H2,22,24,25);10-12,18H,3-9H2,1-2H3,(H2,17,20,21);11H,5-7H2,1-4H3;7H,5-6H2,1-4H3/t18-;2*16-;11-;;/m0000../s1. The number of rotatable bonds is 42. The van der Waals surface area contributed by atoms with Crippen molar-refractivity contribution in [1.82, 2.24) is 113 Å². The Hall–Kier alpha value is -10.1. The van der Waals surface area contributed by atoms with Crippen LogP contribution in [-0.4, -0.2) is 298 Å². The van der Waals surface area contributed by atoms with Gasteiger partial charge in [0.2, 0.25) is 0 Å². The van der Waals surface area contributed by atoms with Gasteiger partial charge in [-0.25, -0.2) is 52.4 Å². The van der Waals surface area contributed by atoms with E-state index in [2.05, 4.69) is 122 Å². The lowest BCUT2D eigenvalue weighted by molar-refractivity contribution is -0.108. The number of ether oxygens (including phenoxy) is 7. The number of anilines is 4. The lowest BCUT2D eigenvalue weighted by Crippen LogP contribution is -2.38. The maximum atomic E-state index is 12.1. The Kier molecular flexibility index (Phi) is 49.8. The van der Waals surface area contributed by atoms with Crippen molar-refractivity contribution in [1.29, 1.82) is 0 Å². The van der Waals surface area contributed by atoms with Crippen LogP contribution in [0.3, 0.4) is 0 Å². The highest BCUT2D eigenvalue weighted by Crippen LogP contribution is 2.31. The van der Waals surface area contributed by atoms with E-state index in [0.717, 1.165) is 158 Å². The topological polar surface area (TPSA) is 461 Å². The molecule has 3 amide bonds. The van der Waals surface area contributed by atoms with E-state index < -0.39 is 22.9 Å². The fourth-order valence-electron chi connectivity index (χ4n) is 17.1. The third-order valence-electron chi connectivity index (χ3n) is 24.8. The smallest absolute Gasteiger partial charge is 0.410 e. The monoisotopic (exact) mass is 1960 g/mol. The van der Waals surface area contributed by atoms with Gasteiger partial charge in [0, 0.05) is 53.8 Å². The molecular formula is C101H177N27O12. The van der Waals surface area contributed by atoms with Gasteiger partial charge in [-0.1, -0.05) is 92.9 Å². The van der Waals surface area contributed by atoms with E-state index in [4.69, 9.17) is 61.2 Å². The highest BCUT2D eigenvalue weighted by molar-refractivity contribution is 5.69. The van der Waals surface area contributed by atoms with Crippen LogP contribution >= 0.6 is 0 Å². The first-order chi connectivity index (χ1) is 66.7. The van der Waals surface area contributed by atoms with E-state index in [-0.39, 0.29) is 43.2 Å². The van der Waals surface area contributed by atoms with Gasteiger partial charge < -0.3 is 101 Å². The Balaban J connectivity index is 0.000000236. The molecule has 0 saturated carbocycles. The Morgan fingerprint density at radius 1 is 0.400 bits per heavy atom. The Morgan fingerprint density at radius 2 is 0.657 bits per heavy atom. The lowest BCUT2D eigenvalue weighted by Gasteiger charge is -2.32. The van der Waals surface area contributed by atoms with Crippen LogP contribution in [0.25, 0.3) is 22.6 Å². The van der Waals surface area contributed by atoms with Gasteiger partial charge in [0.1, 0.15) is 23.1 Å². The molecule has 0 radical (unpaired) electrons. The summed E-state index contributed by atoms with van der Waals surface area (Å²) in [6.45, 7) is 52.0. The third kappa shape index (κ3) is 41.4. The molecule has 140 heavy (non-hydrogen) atoms. The van der Waals surface area contributed by atoms with E-state index >= 15 is 0 Å². The van der Waals surface area contributed by atoms with Gasteiger partial charge in [0.05, 0.1) is 72.0 Å². The number of hydrogen-bond donors (Lipinski definition) is 6. The summed E-state index contributed by atoms with van der Waals surface area (Å²) in [5, 5.41) is 30.2. The second kappa shape index (κ2) is 59.7. The number of fused-ring (bicyclic) bond motifs is 4. The van der Waals surface area contributed by atoms with Crippen molar-refractivity contribution in [3.8, 4) is 24.0 Å². The average molecular weight is 1960 g/mol. The zero-order valence-corrected chi connectivity index (χ0v) is 89.2. The summed E-state index contributed by atoms with van der Waals surface area (Å²) in [6.07, 6.45) is 38.7. The van der Waals surface area contributed by atoms with Crippen molar-refractivity contribution in [3.63, 3.8) is 0 Å². The summed E-state index contributed by atoms with van der Waals surface area (Å²) in [6, 6.07) is 1.33. The number of carbonyl (C=O) groups is 4. The fourth-order valence-corrected chi connectivity index (χ4v) is 17.1. The van der Waals surface area contributed by atoms with E-state index in [0.29, 0.717) is 126 Å². The molecule has 8 aromatic rings. The number of aromatic nitrogens is 16. The molecule has 12 rings (SSSR count). The molecule has 4 fully saturated rings. The molecule has 12 heterocycles. The molecule has 4 aliphatic rings. The number of piperidine rings is 4. The van der Waals surface area contributed by atoms with Crippen LogP contribution in [0.1, 0.15) is 315 Å². The van der Waals surface area contributed by atoms with Crippen LogP contribution in [0.4, 0.5) is 37.7 Å². The molecule has 788 valence electrons. The van der Waals surface area contributed by atoms with Gasteiger partial charge >= 0.3 is 42.3 Å². The summed E-state index contributed by atoms with van der Waals surface area (Å²) in [4.78, 5) is 91.7. The third-order valence-corrected chi connectivity index (χ3v) is 24.8. The maximum Gasteiger partial charge on any atom is 0.410 e. The second-order valence-electron chi connectivity index (χ2n) is 41.3. The molecule has 4 aliphatic heterocycles. The molecule has 0 bridgehead atoms. The predicted molar refractivity (Wildman–Crippen MR) is 551 cm³/mol. The van der Waals surface area contributed by atoms with Gasteiger partial charge in [-0.05, 0) is 314 Å². The van der Waals surface area contributed by atoms with Crippen molar-refractivity contribution in [3.05, 3.63) is 47.6 Å². The van der Waals surface area contributed by atoms with E-state index in [9.17, 15) is 19.2 Å². The van der Waals surface area contributed by atoms with Gasteiger partial charge in [-0.15, -0.1) is 20.4 Å². The van der Waals surface area contributed by atoms with E-state index in [1.807, 2.05) is 103 Å². The molecule has 4 atom stereocenters. The van der Waals surface area contributed by atoms with Crippen molar-refractivity contribution >= 4 is 70.4 Å². The number of nitrogens with zero attached hydrogens (tertiary/aromatic N) is 22. The number of carbonyl (C=O) groups excluding carboxylic acids is 4. The Labute approximate surface area is 833 Å². The minimum atomic E-state index is -0.480. The number of aldehydes is 1. The SMILES string of the molecule is CCCCCN1CCC(Cc2cnc3c(N)nc(O[C@@H](C)CCC)nn23)CC1.CCCCCN1CCC(Cc2cnc3c(N)nc(O[C@@H](C)CCC)nn23)CC1.CCC[C@H](C)Oc1nc(N)c2ncc(CC3CCN(CCCN(C)C(=O)OC(C)(C)C)CC3)n2n1.CCC[C@H](C)Oc1nc(N)c2ncc(CC3CCNCC3)n2n1.CN(CCC=O)C(=O)OC(C)(C)C.CN(CCCO)C(=O)OC(C)(C)C. The van der Waals surface area contributed by atoms with Crippen LogP contribution in [0, 0.1) is 23.7 Å². The number of nitrogens with two attached hydrogens (primary N) is 4. The number of hydrogen-bond acceptors (Lipinski definition) is 32. The van der Waals surface area contributed by atoms with Crippen molar-refractivity contribution < 1.29 is 57.4 Å². The lowest BCUT2D eigenvalue weighted by atomic mass is 9.92. The van der Waals surface area contributed by atoms with E-state index in [1.54, 1.807) is 55.8 Å². The first-order valence-electron chi connectivity index (χ1n) is 52.1. The molecule has 10 N–H and O–H groups in total.